The first kappa shape index (κ1) is 23.8. The highest BCUT2D eigenvalue weighted by molar-refractivity contribution is 6.09. The number of hydrogen-bond donors (Lipinski definition) is 1. The van der Waals surface area contributed by atoms with Crippen LogP contribution in [0.3, 0.4) is 0 Å². The maximum absolute atomic E-state index is 14.4. The van der Waals surface area contributed by atoms with Gasteiger partial charge in [0, 0.05) is 22.7 Å². The zero-order valence-electron chi connectivity index (χ0n) is 20.8. The molecule has 0 radical (unpaired) electrons. The molecule has 4 aromatic rings. The molecule has 1 amide bonds. The molecule has 1 atom stereocenters. The fourth-order valence-corrected chi connectivity index (χ4v) is 5.04. The number of benzene rings is 3. The average Bonchev–Trinajstić information content (AvgIpc) is 3.78. The van der Waals surface area contributed by atoms with Gasteiger partial charge in [-0.25, -0.2) is 9.37 Å². The Morgan fingerprint density at radius 1 is 1.05 bits per heavy atom. The third-order valence-corrected chi connectivity index (χ3v) is 7.08. The van der Waals surface area contributed by atoms with E-state index in [4.69, 9.17) is 4.98 Å². The van der Waals surface area contributed by atoms with E-state index in [1.54, 1.807) is 17.3 Å². The second kappa shape index (κ2) is 10.1. The summed E-state index contributed by atoms with van der Waals surface area (Å²) in [5.41, 5.74) is 4.80. The van der Waals surface area contributed by atoms with E-state index in [-0.39, 0.29) is 24.3 Å². The number of fused-ring (bicyclic) bond motifs is 1. The molecule has 3 aromatic carbocycles. The van der Waals surface area contributed by atoms with Gasteiger partial charge < -0.3 is 5.32 Å². The number of rotatable bonds is 7. The van der Waals surface area contributed by atoms with E-state index < -0.39 is 0 Å². The molecule has 0 spiro atoms. The number of pyridine rings is 1. The van der Waals surface area contributed by atoms with Crippen LogP contribution >= 0.6 is 0 Å². The lowest BCUT2D eigenvalue weighted by atomic mass is 9.94. The van der Waals surface area contributed by atoms with Gasteiger partial charge in [0.05, 0.1) is 35.1 Å². The Balaban J connectivity index is 1.53. The first-order valence-electron chi connectivity index (χ1n) is 12.8. The second-order valence-electron chi connectivity index (χ2n) is 9.71. The number of amides is 1. The highest BCUT2D eigenvalue weighted by atomic mass is 19.1. The normalized spacial score (nSPS) is 15.6. The van der Waals surface area contributed by atoms with Crippen LogP contribution in [0.15, 0.2) is 108 Å². The molecule has 0 unspecified atom stereocenters. The van der Waals surface area contributed by atoms with Gasteiger partial charge in [-0.3, -0.25) is 9.80 Å². The molecule has 1 saturated carbocycles. The Morgan fingerprint density at radius 2 is 1.84 bits per heavy atom. The first-order chi connectivity index (χ1) is 18.6. The maximum atomic E-state index is 14.4. The Labute approximate surface area is 221 Å². The van der Waals surface area contributed by atoms with Crippen molar-refractivity contribution in [1.82, 2.24) is 15.3 Å². The van der Waals surface area contributed by atoms with Gasteiger partial charge in [-0.05, 0) is 54.7 Å². The summed E-state index contributed by atoms with van der Waals surface area (Å²) < 4.78 is 14.4. The van der Waals surface area contributed by atoms with Crippen molar-refractivity contribution in [1.29, 1.82) is 0 Å². The van der Waals surface area contributed by atoms with Crippen molar-refractivity contribution in [3.63, 3.8) is 0 Å². The Morgan fingerprint density at radius 3 is 2.61 bits per heavy atom. The van der Waals surface area contributed by atoms with Crippen LogP contribution in [0.4, 0.5) is 4.39 Å². The molecule has 0 bridgehead atoms. The topological polar surface area (TPSA) is 57.6 Å². The van der Waals surface area contributed by atoms with Crippen molar-refractivity contribution in [2.75, 3.05) is 0 Å². The number of halogens is 1. The molecule has 38 heavy (non-hydrogen) atoms. The van der Waals surface area contributed by atoms with Gasteiger partial charge in [-0.15, -0.1) is 0 Å². The molecule has 0 saturated heterocycles. The summed E-state index contributed by atoms with van der Waals surface area (Å²) in [6, 6.07) is 23.9. The molecule has 188 valence electrons. The van der Waals surface area contributed by atoms with Crippen molar-refractivity contribution in [2.45, 2.75) is 25.4 Å². The van der Waals surface area contributed by atoms with Crippen LogP contribution in [0.1, 0.15) is 40.4 Å². The number of para-hydroxylation sites is 1. The predicted molar refractivity (Wildman–Crippen MR) is 149 cm³/mol. The summed E-state index contributed by atoms with van der Waals surface area (Å²) in [5.74, 6) is -0.146. The molecule has 2 heterocycles. The quantitative estimate of drug-likeness (QED) is 0.303. The number of aromatic nitrogens is 1. The number of carbonyl (C=O) groups is 1. The lowest BCUT2D eigenvalue weighted by Crippen LogP contribution is -2.32. The predicted octanol–water partition coefficient (Wildman–Crippen LogP) is 6.79. The zero-order chi connectivity index (χ0) is 26.1. The second-order valence-corrected chi connectivity index (χ2v) is 9.71. The van der Waals surface area contributed by atoms with E-state index in [1.807, 2.05) is 60.7 Å². The number of hydrogen-bond acceptors (Lipinski definition) is 4. The molecule has 5 nitrogen and oxygen atoms in total. The highest BCUT2D eigenvalue weighted by Gasteiger charge is 2.34. The van der Waals surface area contributed by atoms with Gasteiger partial charge in [-0.1, -0.05) is 67.2 Å². The minimum absolute atomic E-state index is 0.0907. The summed E-state index contributed by atoms with van der Waals surface area (Å²) in [7, 11) is 0. The van der Waals surface area contributed by atoms with Gasteiger partial charge in [0.2, 0.25) is 0 Å². The van der Waals surface area contributed by atoms with Crippen molar-refractivity contribution < 1.29 is 9.18 Å². The lowest BCUT2D eigenvalue weighted by Gasteiger charge is -2.26. The monoisotopic (exact) mass is 502 g/mol. The fraction of sp³-hybridized carbons (Fsp3) is 0.156. The van der Waals surface area contributed by atoms with Gasteiger partial charge >= 0.3 is 0 Å². The number of hydrazone groups is 1. The summed E-state index contributed by atoms with van der Waals surface area (Å²) in [5, 5.41) is 10.3. The van der Waals surface area contributed by atoms with E-state index in [0.717, 1.165) is 23.8 Å². The summed E-state index contributed by atoms with van der Waals surface area (Å²) in [4.78, 5) is 19.2. The Hall–Kier alpha value is -4.58. The molecular formula is C32H27FN4O. The van der Waals surface area contributed by atoms with Gasteiger partial charge in [0.15, 0.2) is 0 Å². The van der Waals surface area contributed by atoms with Crippen LogP contribution in [0.2, 0.25) is 0 Å². The summed E-state index contributed by atoms with van der Waals surface area (Å²) in [6.07, 6.45) is 7.52. The zero-order valence-corrected chi connectivity index (χ0v) is 20.8. The summed E-state index contributed by atoms with van der Waals surface area (Å²) >= 11 is 0. The van der Waals surface area contributed by atoms with E-state index in [1.165, 1.54) is 12.1 Å². The molecule has 6 rings (SSSR count). The highest BCUT2D eigenvalue weighted by Crippen LogP contribution is 2.41. The van der Waals surface area contributed by atoms with Crippen LogP contribution in [0.5, 0.6) is 0 Å². The third kappa shape index (κ3) is 4.73. The first-order valence-corrected chi connectivity index (χ1v) is 12.8. The standard InChI is InChI=1S/C32H27FN4O/c1-21-9-8-18-34-37(21)20-27-29(32(38)36-30(23-16-17-23)22-10-3-2-4-11-22)26-14-5-6-15-28(26)35-31(27)24-12-7-13-25(33)19-24/h2-15,18-19,23,30H,1,16-17,20H2,(H,36,38)/t30-/m1/s1. The largest absolute Gasteiger partial charge is 0.345 e. The van der Waals surface area contributed by atoms with Gasteiger partial charge in [-0.2, -0.15) is 5.10 Å². The Bertz CT molecular complexity index is 1590. The van der Waals surface area contributed by atoms with Gasteiger partial charge in [0.25, 0.3) is 5.91 Å². The van der Waals surface area contributed by atoms with Gasteiger partial charge in [0.1, 0.15) is 5.82 Å². The Kier molecular flexibility index (Phi) is 6.30. The smallest absolute Gasteiger partial charge is 0.252 e. The third-order valence-electron chi connectivity index (χ3n) is 7.08. The SMILES string of the molecule is C=C1C=CC=NN1Cc1c(-c2cccc(F)c2)nc2ccccc2c1C(=O)N[C@H](c1ccccc1)C1CC1. The van der Waals surface area contributed by atoms with E-state index >= 15 is 0 Å². The van der Waals surface area contributed by atoms with Crippen molar-refractivity contribution in [2.24, 2.45) is 11.0 Å². The van der Waals surface area contributed by atoms with Crippen LogP contribution < -0.4 is 5.32 Å². The summed E-state index contributed by atoms with van der Waals surface area (Å²) in [6.45, 7) is 4.36. The molecule has 6 heteroatoms. The molecule has 1 aliphatic heterocycles. The fourth-order valence-electron chi connectivity index (χ4n) is 5.04. The molecule has 1 fully saturated rings. The van der Waals surface area contributed by atoms with Crippen LogP contribution in [-0.4, -0.2) is 22.1 Å². The molecule has 1 aromatic heterocycles. The maximum Gasteiger partial charge on any atom is 0.252 e. The minimum atomic E-state index is -0.365. The van der Waals surface area contributed by atoms with Crippen molar-refractivity contribution in [3.05, 3.63) is 126 Å². The van der Waals surface area contributed by atoms with E-state index in [0.29, 0.717) is 39.5 Å². The van der Waals surface area contributed by atoms with E-state index in [9.17, 15) is 9.18 Å². The molecule has 1 N–H and O–H groups in total. The number of nitrogens with zero attached hydrogens (tertiary/aromatic N) is 3. The average molecular weight is 503 g/mol. The molecule has 2 aliphatic rings. The van der Waals surface area contributed by atoms with E-state index in [2.05, 4.69) is 29.1 Å². The van der Waals surface area contributed by atoms with Crippen molar-refractivity contribution in [3.8, 4) is 11.3 Å². The van der Waals surface area contributed by atoms with Crippen LogP contribution in [0, 0.1) is 11.7 Å². The van der Waals surface area contributed by atoms with Crippen molar-refractivity contribution >= 4 is 23.0 Å². The van der Waals surface area contributed by atoms with Crippen LogP contribution in [-0.2, 0) is 6.54 Å². The molecular weight excluding hydrogens is 475 g/mol. The van der Waals surface area contributed by atoms with Crippen LogP contribution in [0.25, 0.3) is 22.2 Å². The number of allylic oxidation sites excluding steroid dienone is 2. The number of carbonyl (C=O) groups excluding carboxylic acids is 1. The number of nitrogens with one attached hydrogen (secondary N) is 1. The minimum Gasteiger partial charge on any atom is -0.345 e. The lowest BCUT2D eigenvalue weighted by molar-refractivity contribution is 0.0931. The molecule has 1 aliphatic carbocycles.